The van der Waals surface area contributed by atoms with Gasteiger partial charge < -0.3 is 5.73 Å². The highest BCUT2D eigenvalue weighted by Gasteiger charge is 2.22. The molecule has 0 spiro atoms. The summed E-state index contributed by atoms with van der Waals surface area (Å²) in [6, 6.07) is 3.36. The minimum Gasteiger partial charge on any atom is -0.398 e. The van der Waals surface area contributed by atoms with E-state index in [1.165, 1.54) is 0 Å². The summed E-state index contributed by atoms with van der Waals surface area (Å²) in [4.78, 5) is 0.206. The summed E-state index contributed by atoms with van der Waals surface area (Å²) < 4.78 is 27.0. The first-order valence-electron chi connectivity index (χ1n) is 5.67. The third kappa shape index (κ3) is 2.98. The lowest BCUT2D eigenvalue weighted by atomic mass is 10.1. The van der Waals surface area contributed by atoms with Gasteiger partial charge in [0.2, 0.25) is 10.0 Å². The molecule has 0 saturated carbocycles. The van der Waals surface area contributed by atoms with Gasteiger partial charge in [0, 0.05) is 6.04 Å². The maximum absolute atomic E-state index is 12.2. The van der Waals surface area contributed by atoms with Crippen LogP contribution in [-0.4, -0.2) is 14.5 Å². The average Bonchev–Trinajstić information content (AvgIpc) is 2.23. The molecule has 0 aromatic heterocycles. The Balaban J connectivity index is 3.29. The predicted octanol–water partition coefficient (Wildman–Crippen LogP) is 1.96. The van der Waals surface area contributed by atoms with Crippen molar-refractivity contribution in [1.29, 1.82) is 0 Å². The fourth-order valence-electron chi connectivity index (χ4n) is 1.57. The summed E-state index contributed by atoms with van der Waals surface area (Å²) in [5.41, 5.74) is 7.70. The van der Waals surface area contributed by atoms with Crippen LogP contribution in [0.15, 0.2) is 17.0 Å². The molecule has 0 radical (unpaired) electrons. The van der Waals surface area contributed by atoms with E-state index in [1.807, 2.05) is 26.8 Å². The van der Waals surface area contributed by atoms with E-state index in [2.05, 4.69) is 4.72 Å². The van der Waals surface area contributed by atoms with Gasteiger partial charge in [0.1, 0.15) is 4.90 Å². The second-order valence-electron chi connectivity index (χ2n) is 4.36. The van der Waals surface area contributed by atoms with Crippen LogP contribution in [-0.2, 0) is 10.0 Å². The molecule has 1 atom stereocenters. The van der Waals surface area contributed by atoms with Crippen molar-refractivity contribution in [2.75, 3.05) is 5.73 Å². The molecule has 3 N–H and O–H groups in total. The zero-order chi connectivity index (χ0) is 13.2. The molecule has 17 heavy (non-hydrogen) atoms. The number of rotatable bonds is 4. The molecule has 0 amide bonds. The number of hydrogen-bond donors (Lipinski definition) is 2. The first-order valence-corrected chi connectivity index (χ1v) is 7.16. The van der Waals surface area contributed by atoms with Crippen LogP contribution in [0.3, 0.4) is 0 Å². The molecule has 4 nitrogen and oxygen atoms in total. The molecular weight excluding hydrogens is 236 g/mol. The van der Waals surface area contributed by atoms with E-state index in [9.17, 15) is 8.42 Å². The summed E-state index contributed by atoms with van der Waals surface area (Å²) in [6.45, 7) is 7.41. The number of anilines is 1. The van der Waals surface area contributed by atoms with E-state index >= 15 is 0 Å². The maximum atomic E-state index is 12.2. The third-order valence-corrected chi connectivity index (χ3v) is 4.74. The van der Waals surface area contributed by atoms with Gasteiger partial charge in [-0.25, -0.2) is 13.1 Å². The van der Waals surface area contributed by atoms with E-state index in [4.69, 9.17) is 5.73 Å². The van der Waals surface area contributed by atoms with Crippen LogP contribution in [0.2, 0.25) is 0 Å². The minimum absolute atomic E-state index is 0.0979. The van der Waals surface area contributed by atoms with Gasteiger partial charge in [0.05, 0.1) is 5.69 Å². The molecule has 5 heteroatoms. The number of nitrogens with one attached hydrogen (secondary N) is 1. The summed E-state index contributed by atoms with van der Waals surface area (Å²) in [7, 11) is -3.53. The van der Waals surface area contributed by atoms with Gasteiger partial charge in [-0.3, -0.25) is 0 Å². The Morgan fingerprint density at radius 1 is 1.35 bits per heavy atom. The summed E-state index contributed by atoms with van der Waals surface area (Å²) in [5.74, 6) is 0. The van der Waals surface area contributed by atoms with Gasteiger partial charge in [-0.2, -0.15) is 0 Å². The number of nitrogens with two attached hydrogens (primary N) is 1. The Labute approximate surface area is 103 Å². The topological polar surface area (TPSA) is 72.2 Å². The van der Waals surface area contributed by atoms with Crippen molar-refractivity contribution in [3.8, 4) is 0 Å². The van der Waals surface area contributed by atoms with Crippen molar-refractivity contribution in [1.82, 2.24) is 4.72 Å². The minimum atomic E-state index is -3.53. The molecule has 1 rings (SSSR count). The van der Waals surface area contributed by atoms with Crippen LogP contribution in [0.25, 0.3) is 0 Å². The molecule has 1 unspecified atom stereocenters. The van der Waals surface area contributed by atoms with Crippen molar-refractivity contribution >= 4 is 15.7 Å². The number of benzene rings is 1. The molecule has 0 aliphatic heterocycles. The van der Waals surface area contributed by atoms with Crippen molar-refractivity contribution in [2.45, 2.75) is 45.1 Å². The Bertz CT molecular complexity index is 509. The van der Waals surface area contributed by atoms with Gasteiger partial charge in [-0.1, -0.05) is 13.0 Å². The van der Waals surface area contributed by atoms with Crippen LogP contribution < -0.4 is 10.5 Å². The molecule has 0 aliphatic carbocycles. The molecule has 0 saturated heterocycles. The van der Waals surface area contributed by atoms with Crippen LogP contribution >= 0.6 is 0 Å². The average molecular weight is 256 g/mol. The van der Waals surface area contributed by atoms with Crippen LogP contribution in [0.4, 0.5) is 5.69 Å². The first kappa shape index (κ1) is 14.0. The second kappa shape index (κ2) is 5.06. The summed E-state index contributed by atoms with van der Waals surface area (Å²) in [6.07, 6.45) is 0.740. The fraction of sp³-hybridized carbons (Fsp3) is 0.500. The standard InChI is InChI=1S/C12H20N2O2S/c1-5-9(3)14-17(15,16)12-10(4)8(2)6-7-11(12)13/h6-7,9,14H,5,13H2,1-4H3. The van der Waals surface area contributed by atoms with Gasteiger partial charge >= 0.3 is 0 Å². The van der Waals surface area contributed by atoms with Gasteiger partial charge in [-0.05, 0) is 44.4 Å². The van der Waals surface area contributed by atoms with Crippen molar-refractivity contribution in [3.05, 3.63) is 23.3 Å². The van der Waals surface area contributed by atoms with Gasteiger partial charge in [0.25, 0.3) is 0 Å². The van der Waals surface area contributed by atoms with E-state index in [1.54, 1.807) is 13.0 Å². The zero-order valence-corrected chi connectivity index (χ0v) is 11.6. The lowest BCUT2D eigenvalue weighted by Crippen LogP contribution is -2.33. The number of nitrogen functional groups attached to an aromatic ring is 1. The van der Waals surface area contributed by atoms with Crippen molar-refractivity contribution in [3.63, 3.8) is 0 Å². The largest absolute Gasteiger partial charge is 0.398 e. The lowest BCUT2D eigenvalue weighted by Gasteiger charge is -2.16. The number of sulfonamides is 1. The lowest BCUT2D eigenvalue weighted by molar-refractivity contribution is 0.555. The Hall–Kier alpha value is -1.07. The Kier molecular flexibility index (Phi) is 4.16. The number of hydrogen-bond acceptors (Lipinski definition) is 3. The molecule has 1 aromatic carbocycles. The molecule has 0 aliphatic rings. The number of aryl methyl sites for hydroxylation is 1. The monoisotopic (exact) mass is 256 g/mol. The molecule has 0 fully saturated rings. The van der Waals surface area contributed by atoms with Crippen molar-refractivity contribution < 1.29 is 8.42 Å². The Morgan fingerprint density at radius 3 is 2.47 bits per heavy atom. The highest BCUT2D eigenvalue weighted by molar-refractivity contribution is 7.89. The highest BCUT2D eigenvalue weighted by Crippen LogP contribution is 2.25. The molecule has 96 valence electrons. The maximum Gasteiger partial charge on any atom is 0.243 e. The normalized spacial score (nSPS) is 13.6. The van der Waals surface area contributed by atoms with E-state index in [0.717, 1.165) is 12.0 Å². The van der Waals surface area contributed by atoms with E-state index in [-0.39, 0.29) is 10.9 Å². The highest BCUT2D eigenvalue weighted by atomic mass is 32.2. The van der Waals surface area contributed by atoms with E-state index < -0.39 is 10.0 Å². The molecule has 1 aromatic rings. The molecular formula is C12H20N2O2S. The van der Waals surface area contributed by atoms with Gasteiger partial charge in [-0.15, -0.1) is 0 Å². The summed E-state index contributed by atoms with van der Waals surface area (Å²) >= 11 is 0. The smallest absolute Gasteiger partial charge is 0.243 e. The zero-order valence-electron chi connectivity index (χ0n) is 10.7. The van der Waals surface area contributed by atoms with Gasteiger partial charge in [0.15, 0.2) is 0 Å². The van der Waals surface area contributed by atoms with Crippen LogP contribution in [0.5, 0.6) is 0 Å². The SMILES string of the molecule is CCC(C)NS(=O)(=O)c1c(N)ccc(C)c1C. The van der Waals surface area contributed by atoms with Crippen LogP contribution in [0, 0.1) is 13.8 Å². The van der Waals surface area contributed by atoms with Crippen molar-refractivity contribution in [2.24, 2.45) is 0 Å². The van der Waals surface area contributed by atoms with Crippen LogP contribution in [0.1, 0.15) is 31.4 Å². The molecule has 0 bridgehead atoms. The van der Waals surface area contributed by atoms with E-state index in [0.29, 0.717) is 11.3 Å². The predicted molar refractivity (Wildman–Crippen MR) is 70.4 cm³/mol. The quantitative estimate of drug-likeness (QED) is 0.809. The Morgan fingerprint density at radius 2 is 1.94 bits per heavy atom. The third-order valence-electron chi connectivity index (χ3n) is 2.94. The summed E-state index contributed by atoms with van der Waals surface area (Å²) in [5, 5.41) is 0. The fourth-order valence-corrected chi connectivity index (χ4v) is 3.33. The first-order chi connectivity index (χ1) is 7.79. The second-order valence-corrected chi connectivity index (χ2v) is 6.01. The molecule has 0 heterocycles.